The quantitative estimate of drug-likeness (QED) is 0.322. The lowest BCUT2D eigenvalue weighted by Crippen LogP contribution is -2.46. The van der Waals surface area contributed by atoms with Crippen LogP contribution < -0.4 is 20.6 Å². The molecule has 2 aromatic carbocycles. The standard InChI is InChI=1S/C22H25FN4O4/c1-13(25-22(28)27(2)24)11-29-16-6-7-18-20(10-16)31-21(26-18)15-5-8-19(17(23)9-15)30-12-14-3-4-14/h5-10,13-14H,3-4,11-12,24H2,1-2H3,(H,25,28)/t13-/m0/s1. The zero-order valence-corrected chi connectivity index (χ0v) is 17.4. The fraction of sp³-hybridized carbons (Fsp3) is 0.364. The number of halogens is 1. The van der Waals surface area contributed by atoms with Gasteiger partial charge in [-0.2, -0.15) is 0 Å². The van der Waals surface area contributed by atoms with Crippen LogP contribution in [0.25, 0.3) is 22.6 Å². The van der Waals surface area contributed by atoms with E-state index in [-0.39, 0.29) is 18.4 Å². The first-order chi connectivity index (χ1) is 14.9. The number of ether oxygens (including phenoxy) is 2. The van der Waals surface area contributed by atoms with Crippen LogP contribution in [-0.4, -0.2) is 42.3 Å². The minimum atomic E-state index is -0.441. The molecule has 31 heavy (non-hydrogen) atoms. The summed E-state index contributed by atoms with van der Waals surface area (Å²) in [5.74, 6) is 6.60. The molecular weight excluding hydrogens is 403 g/mol. The molecule has 3 aromatic rings. The van der Waals surface area contributed by atoms with Crippen LogP contribution >= 0.6 is 0 Å². The van der Waals surface area contributed by atoms with Crippen molar-refractivity contribution in [3.63, 3.8) is 0 Å². The maximum Gasteiger partial charge on any atom is 0.331 e. The van der Waals surface area contributed by atoms with Crippen molar-refractivity contribution in [1.82, 2.24) is 15.3 Å². The number of hydrogen-bond acceptors (Lipinski definition) is 6. The summed E-state index contributed by atoms with van der Waals surface area (Å²) in [7, 11) is 1.46. The molecule has 1 atom stereocenters. The van der Waals surface area contributed by atoms with Gasteiger partial charge in [0.05, 0.1) is 12.6 Å². The maximum absolute atomic E-state index is 14.4. The topological polar surface area (TPSA) is 103 Å². The predicted octanol–water partition coefficient (Wildman–Crippen LogP) is 3.71. The van der Waals surface area contributed by atoms with Gasteiger partial charge in [-0.05, 0) is 56.0 Å². The lowest BCUT2D eigenvalue weighted by Gasteiger charge is -2.17. The van der Waals surface area contributed by atoms with Gasteiger partial charge in [0.25, 0.3) is 0 Å². The van der Waals surface area contributed by atoms with Crippen molar-refractivity contribution in [2.24, 2.45) is 11.8 Å². The number of nitrogens with one attached hydrogen (secondary N) is 1. The van der Waals surface area contributed by atoms with Crippen LogP contribution in [0.3, 0.4) is 0 Å². The average molecular weight is 428 g/mol. The summed E-state index contributed by atoms with van der Waals surface area (Å²) < 4.78 is 31.4. The van der Waals surface area contributed by atoms with Crippen molar-refractivity contribution < 1.29 is 23.1 Å². The molecule has 0 bridgehead atoms. The molecule has 0 aliphatic heterocycles. The van der Waals surface area contributed by atoms with Crippen LogP contribution in [0.5, 0.6) is 11.5 Å². The molecule has 4 rings (SSSR count). The summed E-state index contributed by atoms with van der Waals surface area (Å²) in [6.07, 6.45) is 2.29. The van der Waals surface area contributed by atoms with Gasteiger partial charge in [-0.15, -0.1) is 0 Å². The zero-order valence-electron chi connectivity index (χ0n) is 17.4. The Balaban J connectivity index is 1.42. The van der Waals surface area contributed by atoms with E-state index >= 15 is 0 Å². The number of benzene rings is 2. The highest BCUT2D eigenvalue weighted by molar-refractivity contribution is 5.77. The van der Waals surface area contributed by atoms with Crippen LogP contribution in [0.1, 0.15) is 19.8 Å². The summed E-state index contributed by atoms with van der Waals surface area (Å²) in [5.41, 5.74) is 1.67. The van der Waals surface area contributed by atoms with Gasteiger partial charge in [-0.3, -0.25) is 5.01 Å². The summed E-state index contributed by atoms with van der Waals surface area (Å²) in [6.45, 7) is 2.60. The smallest absolute Gasteiger partial charge is 0.331 e. The molecule has 2 amide bonds. The molecule has 8 nitrogen and oxygen atoms in total. The predicted molar refractivity (Wildman–Crippen MR) is 113 cm³/mol. The summed E-state index contributed by atoms with van der Waals surface area (Å²) in [5, 5.41) is 3.66. The Kier molecular flexibility index (Phi) is 5.94. The Morgan fingerprint density at radius 1 is 1.32 bits per heavy atom. The van der Waals surface area contributed by atoms with E-state index in [2.05, 4.69) is 10.3 Å². The molecule has 1 saturated carbocycles. The first-order valence-electron chi connectivity index (χ1n) is 10.1. The van der Waals surface area contributed by atoms with Gasteiger partial charge in [-0.25, -0.2) is 20.0 Å². The molecule has 1 aliphatic rings. The molecule has 0 unspecified atom stereocenters. The van der Waals surface area contributed by atoms with Crippen molar-refractivity contribution in [3.8, 4) is 23.0 Å². The second kappa shape index (κ2) is 8.81. The number of nitrogens with zero attached hydrogens (tertiary/aromatic N) is 2. The minimum absolute atomic E-state index is 0.240. The first kappa shape index (κ1) is 20.9. The van der Waals surface area contributed by atoms with Crippen molar-refractivity contribution in [2.75, 3.05) is 20.3 Å². The van der Waals surface area contributed by atoms with E-state index in [4.69, 9.17) is 19.7 Å². The van der Waals surface area contributed by atoms with Gasteiger partial charge >= 0.3 is 6.03 Å². The van der Waals surface area contributed by atoms with E-state index in [1.54, 1.807) is 37.3 Å². The Labute approximate surface area is 179 Å². The number of fused-ring (bicyclic) bond motifs is 1. The fourth-order valence-electron chi connectivity index (χ4n) is 2.94. The zero-order chi connectivity index (χ0) is 22.0. The number of urea groups is 1. The molecule has 0 saturated heterocycles. The molecule has 0 radical (unpaired) electrons. The average Bonchev–Trinajstić information content (AvgIpc) is 3.47. The molecule has 1 heterocycles. The molecule has 0 spiro atoms. The number of aromatic nitrogens is 1. The number of rotatable bonds is 8. The van der Waals surface area contributed by atoms with Crippen LogP contribution in [0.2, 0.25) is 0 Å². The van der Waals surface area contributed by atoms with Crippen LogP contribution in [-0.2, 0) is 0 Å². The molecule has 1 fully saturated rings. The van der Waals surface area contributed by atoms with Gasteiger partial charge in [0.2, 0.25) is 5.89 Å². The van der Waals surface area contributed by atoms with Crippen molar-refractivity contribution >= 4 is 17.1 Å². The monoisotopic (exact) mass is 428 g/mol. The number of nitrogens with two attached hydrogens (primary N) is 1. The number of carbonyl (C=O) groups excluding carboxylic acids is 1. The molecule has 3 N–H and O–H groups in total. The molecule has 1 aromatic heterocycles. The van der Waals surface area contributed by atoms with E-state index in [9.17, 15) is 9.18 Å². The number of amides is 2. The highest BCUT2D eigenvalue weighted by Gasteiger charge is 2.22. The normalized spacial score (nSPS) is 14.3. The Bertz CT molecular complexity index is 1080. The van der Waals surface area contributed by atoms with Crippen molar-refractivity contribution in [2.45, 2.75) is 25.8 Å². The second-order valence-corrected chi connectivity index (χ2v) is 7.82. The maximum atomic E-state index is 14.4. The molecule has 9 heteroatoms. The molecule has 164 valence electrons. The third-order valence-electron chi connectivity index (χ3n) is 4.90. The largest absolute Gasteiger partial charge is 0.491 e. The molecule has 1 aliphatic carbocycles. The highest BCUT2D eigenvalue weighted by atomic mass is 19.1. The van der Waals surface area contributed by atoms with Crippen molar-refractivity contribution in [3.05, 3.63) is 42.2 Å². The Hall–Kier alpha value is -3.33. The van der Waals surface area contributed by atoms with Gasteiger partial charge in [0.15, 0.2) is 17.1 Å². The van der Waals surface area contributed by atoms with Gasteiger partial charge in [-0.1, -0.05) is 0 Å². The van der Waals surface area contributed by atoms with Crippen LogP contribution in [0, 0.1) is 11.7 Å². The molecular formula is C22H25FN4O4. The van der Waals surface area contributed by atoms with Gasteiger partial charge in [0.1, 0.15) is 17.9 Å². The van der Waals surface area contributed by atoms with E-state index in [1.807, 2.05) is 0 Å². The SMILES string of the molecule is C[C@@H](COc1ccc2nc(-c3ccc(OCC4CC4)c(F)c3)oc2c1)NC(=O)N(C)N. The number of carbonyl (C=O) groups is 1. The van der Waals surface area contributed by atoms with Crippen LogP contribution in [0.15, 0.2) is 40.8 Å². The van der Waals surface area contributed by atoms with Gasteiger partial charge < -0.3 is 19.2 Å². The van der Waals surface area contributed by atoms with E-state index < -0.39 is 11.8 Å². The lowest BCUT2D eigenvalue weighted by molar-refractivity contribution is 0.198. The number of oxazole rings is 1. The van der Waals surface area contributed by atoms with E-state index in [0.717, 1.165) is 17.9 Å². The van der Waals surface area contributed by atoms with E-state index in [0.29, 0.717) is 40.8 Å². The number of hydrazine groups is 1. The Morgan fingerprint density at radius 2 is 2.13 bits per heavy atom. The minimum Gasteiger partial charge on any atom is -0.491 e. The van der Waals surface area contributed by atoms with Gasteiger partial charge in [0, 0.05) is 18.7 Å². The Morgan fingerprint density at radius 3 is 2.84 bits per heavy atom. The first-order valence-corrected chi connectivity index (χ1v) is 10.1. The fourth-order valence-corrected chi connectivity index (χ4v) is 2.94. The highest BCUT2D eigenvalue weighted by Crippen LogP contribution is 2.32. The summed E-state index contributed by atoms with van der Waals surface area (Å²) >= 11 is 0. The van der Waals surface area contributed by atoms with E-state index in [1.165, 1.54) is 13.1 Å². The van der Waals surface area contributed by atoms with Crippen LogP contribution in [0.4, 0.5) is 9.18 Å². The third kappa shape index (κ3) is 5.24. The lowest BCUT2D eigenvalue weighted by atomic mass is 10.2. The third-order valence-corrected chi connectivity index (χ3v) is 4.90. The second-order valence-electron chi connectivity index (χ2n) is 7.82. The summed E-state index contributed by atoms with van der Waals surface area (Å²) in [6, 6.07) is 9.27. The summed E-state index contributed by atoms with van der Waals surface area (Å²) in [4.78, 5) is 16.0. The number of hydrogen-bond donors (Lipinski definition) is 2. The van der Waals surface area contributed by atoms with Crippen molar-refractivity contribution in [1.29, 1.82) is 0 Å².